The summed E-state index contributed by atoms with van der Waals surface area (Å²) in [5.41, 5.74) is 0.635. The van der Waals surface area contributed by atoms with Crippen molar-refractivity contribution >= 4 is 5.97 Å². The van der Waals surface area contributed by atoms with Crippen LogP contribution in [0.5, 0.6) is 0 Å². The van der Waals surface area contributed by atoms with Crippen molar-refractivity contribution in [2.45, 2.75) is 52.0 Å². The number of rotatable bonds is 3. The number of aromatic carboxylic acids is 1. The van der Waals surface area contributed by atoms with Crippen molar-refractivity contribution in [1.82, 2.24) is 9.78 Å². The number of hydrogen-bond acceptors (Lipinski definition) is 3. The van der Waals surface area contributed by atoms with Crippen molar-refractivity contribution in [1.29, 1.82) is 0 Å². The summed E-state index contributed by atoms with van der Waals surface area (Å²) >= 11 is 0. The van der Waals surface area contributed by atoms with Crippen molar-refractivity contribution in [2.75, 3.05) is 0 Å². The van der Waals surface area contributed by atoms with Crippen LogP contribution >= 0.6 is 0 Å². The van der Waals surface area contributed by atoms with Gasteiger partial charge in [0.05, 0.1) is 11.7 Å². The topological polar surface area (TPSA) is 72.2 Å². The van der Waals surface area contributed by atoms with E-state index < -0.39 is 11.5 Å². The lowest BCUT2D eigenvalue weighted by Crippen LogP contribution is -2.33. The minimum Gasteiger partial charge on any atom is -0.477 e. The highest BCUT2D eigenvalue weighted by Gasteiger charge is 2.22. The van der Waals surface area contributed by atoms with E-state index in [-0.39, 0.29) is 11.6 Å². The van der Waals surface area contributed by atoms with Crippen LogP contribution in [-0.2, 0) is 0 Å². The molecule has 1 heterocycles. The second kappa shape index (κ2) is 8.43. The molecule has 0 unspecified atom stereocenters. The fraction of sp³-hybridized carbons (Fsp3) is 0.421. The first-order chi connectivity index (χ1) is 11.7. The number of nitrogens with zero attached hydrogens (tertiary/aromatic N) is 2. The third-order valence-corrected chi connectivity index (χ3v) is 4.16. The maximum absolute atomic E-state index is 12.4. The van der Waals surface area contributed by atoms with Gasteiger partial charge in [0.2, 0.25) is 0 Å². The highest BCUT2D eigenvalue weighted by Crippen LogP contribution is 2.27. The molecular weight excluding hydrogens is 304 g/mol. The van der Waals surface area contributed by atoms with E-state index in [4.69, 9.17) is 0 Å². The molecule has 1 aromatic carbocycles. The highest BCUT2D eigenvalue weighted by atomic mass is 16.4. The molecule has 1 N–H and O–H groups in total. The van der Waals surface area contributed by atoms with Crippen LogP contribution in [0.25, 0.3) is 11.3 Å². The van der Waals surface area contributed by atoms with Gasteiger partial charge in [-0.2, -0.15) is 5.10 Å². The SMILES string of the molecule is CC.O=C(O)c1cc(-c2ccccc2)nn(C2CCCCC2)c1=O. The standard InChI is InChI=1S/C17H18N2O3.C2H6/c20-16-14(17(21)22)11-15(12-7-3-1-4-8-12)18-19(16)13-9-5-2-6-10-13;1-2/h1,3-4,7-8,11,13H,2,5-6,9-10H2,(H,21,22);1-2H3. The molecular formula is C19H24N2O3. The molecule has 5 nitrogen and oxygen atoms in total. The Morgan fingerprint density at radius 2 is 1.75 bits per heavy atom. The number of hydrogen-bond donors (Lipinski definition) is 1. The normalized spacial score (nSPS) is 14.6. The number of carbonyl (C=O) groups is 1. The lowest BCUT2D eigenvalue weighted by molar-refractivity contribution is 0.0693. The second-order valence-corrected chi connectivity index (χ2v) is 5.66. The van der Waals surface area contributed by atoms with Crippen molar-refractivity contribution < 1.29 is 9.90 Å². The van der Waals surface area contributed by atoms with Crippen molar-refractivity contribution in [3.05, 3.63) is 52.3 Å². The summed E-state index contributed by atoms with van der Waals surface area (Å²) in [7, 11) is 0. The highest BCUT2D eigenvalue weighted by molar-refractivity contribution is 5.88. The fourth-order valence-electron chi connectivity index (χ4n) is 2.99. The lowest BCUT2D eigenvalue weighted by atomic mass is 9.95. The molecule has 0 radical (unpaired) electrons. The molecule has 1 saturated carbocycles. The Bertz CT molecular complexity index is 732. The summed E-state index contributed by atoms with van der Waals surface area (Å²) in [4.78, 5) is 23.8. The van der Waals surface area contributed by atoms with Gasteiger partial charge in [-0.05, 0) is 18.9 Å². The van der Waals surface area contributed by atoms with Gasteiger partial charge in [0, 0.05) is 5.56 Å². The summed E-state index contributed by atoms with van der Waals surface area (Å²) in [5, 5.41) is 13.8. The molecule has 0 saturated heterocycles. The van der Waals surface area contributed by atoms with E-state index in [2.05, 4.69) is 5.10 Å². The molecule has 0 atom stereocenters. The number of aromatic nitrogens is 2. The number of carboxylic acid groups (broad SMARTS) is 1. The van der Waals surface area contributed by atoms with Crippen LogP contribution in [0.15, 0.2) is 41.2 Å². The molecule has 3 rings (SSSR count). The predicted octanol–water partition coefficient (Wildman–Crippen LogP) is 4.14. The van der Waals surface area contributed by atoms with E-state index in [1.807, 2.05) is 44.2 Å². The Morgan fingerprint density at radius 3 is 2.33 bits per heavy atom. The van der Waals surface area contributed by atoms with E-state index in [9.17, 15) is 14.7 Å². The third-order valence-electron chi connectivity index (χ3n) is 4.16. The smallest absolute Gasteiger partial charge is 0.341 e. The van der Waals surface area contributed by atoms with Crippen molar-refractivity contribution in [3.63, 3.8) is 0 Å². The van der Waals surface area contributed by atoms with E-state index in [0.29, 0.717) is 5.69 Å². The summed E-state index contributed by atoms with van der Waals surface area (Å²) in [6.07, 6.45) is 5.03. The Hall–Kier alpha value is -2.43. The minimum atomic E-state index is -1.20. The average molecular weight is 328 g/mol. The van der Waals surface area contributed by atoms with Crippen LogP contribution in [0.2, 0.25) is 0 Å². The van der Waals surface area contributed by atoms with Crippen molar-refractivity contribution in [2.24, 2.45) is 0 Å². The predicted molar refractivity (Wildman–Crippen MR) is 94.4 cm³/mol. The van der Waals surface area contributed by atoms with E-state index in [1.165, 1.54) is 10.7 Å². The van der Waals surface area contributed by atoms with E-state index in [1.54, 1.807) is 0 Å². The fourth-order valence-corrected chi connectivity index (χ4v) is 2.99. The van der Waals surface area contributed by atoms with Crippen LogP contribution in [0.3, 0.4) is 0 Å². The van der Waals surface area contributed by atoms with Crippen LogP contribution in [0, 0.1) is 0 Å². The lowest BCUT2D eigenvalue weighted by Gasteiger charge is -2.23. The molecule has 1 aliphatic carbocycles. The zero-order valence-electron chi connectivity index (χ0n) is 14.2. The largest absolute Gasteiger partial charge is 0.477 e. The maximum atomic E-state index is 12.4. The molecule has 1 aromatic heterocycles. The Morgan fingerprint density at radius 1 is 1.12 bits per heavy atom. The van der Waals surface area contributed by atoms with Crippen LogP contribution < -0.4 is 5.56 Å². The quantitative estimate of drug-likeness (QED) is 0.919. The van der Waals surface area contributed by atoms with Crippen molar-refractivity contribution in [3.8, 4) is 11.3 Å². The molecule has 1 aliphatic rings. The molecule has 0 bridgehead atoms. The monoisotopic (exact) mass is 328 g/mol. The summed E-state index contributed by atoms with van der Waals surface area (Å²) in [6, 6.07) is 10.7. The molecule has 0 spiro atoms. The van der Waals surface area contributed by atoms with Gasteiger partial charge in [-0.15, -0.1) is 0 Å². The maximum Gasteiger partial charge on any atom is 0.341 e. The average Bonchev–Trinajstić information content (AvgIpc) is 2.65. The van der Waals surface area contributed by atoms with Gasteiger partial charge < -0.3 is 5.11 Å². The molecule has 0 aliphatic heterocycles. The molecule has 1 fully saturated rings. The molecule has 24 heavy (non-hydrogen) atoms. The molecule has 2 aromatic rings. The van der Waals surface area contributed by atoms with Gasteiger partial charge in [-0.25, -0.2) is 9.48 Å². The number of benzene rings is 1. The zero-order chi connectivity index (χ0) is 17.5. The Balaban J connectivity index is 0.00000100. The summed E-state index contributed by atoms with van der Waals surface area (Å²) < 4.78 is 1.39. The first kappa shape index (κ1) is 17.9. The van der Waals surface area contributed by atoms with Crippen LogP contribution in [0.4, 0.5) is 0 Å². The van der Waals surface area contributed by atoms with Gasteiger partial charge in [-0.1, -0.05) is 63.4 Å². The van der Waals surface area contributed by atoms with Gasteiger partial charge in [0.15, 0.2) is 0 Å². The van der Waals surface area contributed by atoms with Crippen LogP contribution in [-0.4, -0.2) is 20.9 Å². The van der Waals surface area contributed by atoms with E-state index in [0.717, 1.165) is 37.7 Å². The van der Waals surface area contributed by atoms with Gasteiger partial charge in [-0.3, -0.25) is 4.79 Å². The first-order valence-electron chi connectivity index (χ1n) is 8.59. The molecule has 0 amide bonds. The van der Waals surface area contributed by atoms with Gasteiger partial charge in [0.25, 0.3) is 5.56 Å². The number of carboxylic acids is 1. The molecule has 128 valence electrons. The van der Waals surface area contributed by atoms with Gasteiger partial charge in [0.1, 0.15) is 5.56 Å². The van der Waals surface area contributed by atoms with Gasteiger partial charge >= 0.3 is 5.97 Å². The van der Waals surface area contributed by atoms with Crippen LogP contribution in [0.1, 0.15) is 62.4 Å². The third kappa shape index (κ3) is 3.91. The second-order valence-electron chi connectivity index (χ2n) is 5.66. The zero-order valence-corrected chi connectivity index (χ0v) is 14.2. The Kier molecular flexibility index (Phi) is 6.29. The Labute approximate surface area is 142 Å². The summed E-state index contributed by atoms with van der Waals surface area (Å²) in [5.74, 6) is -1.20. The molecule has 5 heteroatoms. The van der Waals surface area contributed by atoms with E-state index >= 15 is 0 Å². The summed E-state index contributed by atoms with van der Waals surface area (Å²) in [6.45, 7) is 4.00. The first-order valence-corrected chi connectivity index (χ1v) is 8.59. The minimum absolute atomic E-state index is 0.00279.